The third-order valence-corrected chi connectivity index (χ3v) is 3.49. The van der Waals surface area contributed by atoms with Gasteiger partial charge in [0.1, 0.15) is 0 Å². The third kappa shape index (κ3) is 3.68. The second-order valence-electron chi connectivity index (χ2n) is 4.86. The van der Waals surface area contributed by atoms with Crippen molar-refractivity contribution in [2.24, 2.45) is 0 Å². The first-order valence-electron chi connectivity index (χ1n) is 6.91. The Kier molecular flexibility index (Phi) is 5.31. The molecule has 0 saturated carbocycles. The van der Waals surface area contributed by atoms with Crippen molar-refractivity contribution in [1.29, 1.82) is 0 Å². The van der Waals surface area contributed by atoms with Gasteiger partial charge in [-0.15, -0.1) is 6.58 Å². The zero-order valence-corrected chi connectivity index (χ0v) is 11.9. The molecule has 1 fully saturated rings. The molecule has 1 aliphatic heterocycles. The number of ether oxygens (including phenoxy) is 1. The van der Waals surface area contributed by atoms with Gasteiger partial charge in [-0.1, -0.05) is 6.08 Å². The molecule has 110 valence electrons. The van der Waals surface area contributed by atoms with Crippen molar-refractivity contribution in [3.8, 4) is 0 Å². The van der Waals surface area contributed by atoms with Crippen LogP contribution in [0.25, 0.3) is 0 Å². The molecule has 0 spiro atoms. The van der Waals surface area contributed by atoms with Crippen molar-refractivity contribution in [3.63, 3.8) is 0 Å². The van der Waals surface area contributed by atoms with Crippen molar-refractivity contribution in [2.45, 2.75) is 19.1 Å². The summed E-state index contributed by atoms with van der Waals surface area (Å²) in [7, 11) is 1.72. The Balaban J connectivity index is 1.95. The van der Waals surface area contributed by atoms with E-state index in [1.165, 1.54) is 4.68 Å². The summed E-state index contributed by atoms with van der Waals surface area (Å²) in [5.41, 5.74) is 0.814. The van der Waals surface area contributed by atoms with E-state index >= 15 is 0 Å². The molecule has 20 heavy (non-hydrogen) atoms. The van der Waals surface area contributed by atoms with Crippen LogP contribution in [0.15, 0.2) is 29.7 Å². The Morgan fingerprint density at radius 3 is 3.15 bits per heavy atom. The molecule has 1 atom stereocenters. The number of nitrogens with one attached hydrogen (secondary N) is 1. The monoisotopic (exact) mass is 278 g/mol. The van der Waals surface area contributed by atoms with Gasteiger partial charge >= 0.3 is 0 Å². The first kappa shape index (κ1) is 14.7. The summed E-state index contributed by atoms with van der Waals surface area (Å²) >= 11 is 0. The Labute approximate surface area is 119 Å². The van der Waals surface area contributed by atoms with E-state index < -0.39 is 0 Å². The molecule has 0 aromatic carbocycles. The van der Waals surface area contributed by atoms with Gasteiger partial charge in [-0.25, -0.2) is 4.68 Å². The number of hydrogen-bond acceptors (Lipinski definition) is 5. The van der Waals surface area contributed by atoms with E-state index in [-0.39, 0.29) is 11.7 Å². The largest absolute Gasteiger partial charge is 0.380 e. The molecule has 1 N–H and O–H groups in total. The molecule has 0 radical (unpaired) electrons. The normalized spacial score (nSPS) is 18.4. The molecule has 1 aromatic rings. The van der Waals surface area contributed by atoms with Crippen molar-refractivity contribution in [2.75, 3.05) is 38.2 Å². The van der Waals surface area contributed by atoms with Gasteiger partial charge in [-0.05, 0) is 6.42 Å². The van der Waals surface area contributed by atoms with E-state index in [2.05, 4.69) is 21.9 Å². The van der Waals surface area contributed by atoms with E-state index in [4.69, 9.17) is 4.74 Å². The highest BCUT2D eigenvalue weighted by Gasteiger charge is 2.22. The number of nitrogens with zero attached hydrogens (tertiary/aromatic N) is 3. The number of methoxy groups -OCH3 is 1. The predicted octanol–water partition coefficient (Wildman–Crippen LogP) is 0.244. The highest BCUT2D eigenvalue weighted by atomic mass is 16.5. The van der Waals surface area contributed by atoms with E-state index in [0.29, 0.717) is 13.1 Å². The van der Waals surface area contributed by atoms with Crippen LogP contribution in [0.3, 0.4) is 0 Å². The third-order valence-electron chi connectivity index (χ3n) is 3.49. The van der Waals surface area contributed by atoms with Crippen molar-refractivity contribution in [1.82, 2.24) is 15.1 Å². The molecule has 0 amide bonds. The van der Waals surface area contributed by atoms with E-state index in [1.807, 2.05) is 0 Å². The maximum atomic E-state index is 12.0. The van der Waals surface area contributed by atoms with Crippen LogP contribution in [0, 0.1) is 0 Å². The smallest absolute Gasteiger partial charge is 0.268 e. The first-order chi connectivity index (χ1) is 9.74. The lowest BCUT2D eigenvalue weighted by Gasteiger charge is -2.18. The molecular formula is C14H22N4O2. The maximum Gasteiger partial charge on any atom is 0.268 e. The van der Waals surface area contributed by atoms with Crippen molar-refractivity contribution >= 4 is 5.69 Å². The quantitative estimate of drug-likeness (QED) is 0.572. The lowest BCUT2D eigenvalue weighted by atomic mass is 10.3. The molecule has 0 bridgehead atoms. The molecular weight excluding hydrogens is 256 g/mol. The van der Waals surface area contributed by atoms with Crippen LogP contribution in [0.4, 0.5) is 5.69 Å². The Bertz CT molecular complexity index is 500. The lowest BCUT2D eigenvalue weighted by molar-refractivity contribution is 0.121. The lowest BCUT2D eigenvalue weighted by Crippen LogP contribution is -2.30. The van der Waals surface area contributed by atoms with Gasteiger partial charge in [0.2, 0.25) is 0 Å². The molecule has 1 unspecified atom stereocenters. The number of rotatable bonds is 7. The second-order valence-corrected chi connectivity index (χ2v) is 4.86. The first-order valence-corrected chi connectivity index (χ1v) is 6.91. The minimum Gasteiger partial charge on any atom is -0.380 e. The summed E-state index contributed by atoms with van der Waals surface area (Å²) in [6, 6.07) is 1.65. The van der Waals surface area contributed by atoms with Gasteiger partial charge in [0.25, 0.3) is 5.56 Å². The zero-order valence-electron chi connectivity index (χ0n) is 11.9. The molecule has 1 aromatic heterocycles. The predicted molar refractivity (Wildman–Crippen MR) is 79.2 cm³/mol. The summed E-state index contributed by atoms with van der Waals surface area (Å²) in [5.74, 6) is 0. The number of hydrogen-bond donors (Lipinski definition) is 1. The van der Waals surface area contributed by atoms with Gasteiger partial charge < -0.3 is 15.0 Å². The van der Waals surface area contributed by atoms with Crippen LogP contribution in [0.1, 0.15) is 6.42 Å². The Morgan fingerprint density at radius 1 is 1.65 bits per heavy atom. The Morgan fingerprint density at radius 2 is 2.50 bits per heavy atom. The molecule has 1 saturated heterocycles. The molecule has 6 nitrogen and oxygen atoms in total. The van der Waals surface area contributed by atoms with E-state index in [0.717, 1.165) is 31.7 Å². The number of aromatic nitrogens is 2. The topological polar surface area (TPSA) is 59.4 Å². The highest BCUT2D eigenvalue weighted by Crippen LogP contribution is 2.18. The fraction of sp³-hybridized carbons (Fsp3) is 0.571. The number of anilines is 1. The van der Waals surface area contributed by atoms with Crippen LogP contribution >= 0.6 is 0 Å². The SMILES string of the molecule is C=CCNCCn1ncc(N2CCC(OC)C2)cc1=O. The van der Waals surface area contributed by atoms with Crippen LogP contribution in [-0.2, 0) is 11.3 Å². The van der Waals surface area contributed by atoms with Crippen molar-refractivity contribution in [3.05, 3.63) is 35.3 Å². The Hall–Kier alpha value is -1.66. The van der Waals surface area contributed by atoms with Crippen LogP contribution in [-0.4, -0.2) is 49.2 Å². The minimum atomic E-state index is -0.0660. The molecule has 0 aliphatic carbocycles. The second kappa shape index (κ2) is 7.21. The fourth-order valence-electron chi connectivity index (χ4n) is 2.31. The van der Waals surface area contributed by atoms with Gasteiger partial charge in [0.05, 0.1) is 24.5 Å². The molecule has 1 aliphatic rings. The van der Waals surface area contributed by atoms with E-state index in [1.54, 1.807) is 25.4 Å². The average molecular weight is 278 g/mol. The zero-order chi connectivity index (χ0) is 14.4. The summed E-state index contributed by atoms with van der Waals surface area (Å²) in [6.07, 6.45) is 4.79. The fourth-order valence-corrected chi connectivity index (χ4v) is 2.31. The van der Waals surface area contributed by atoms with Crippen LogP contribution in [0.5, 0.6) is 0 Å². The standard InChI is InChI=1S/C14H22N4O2/c1-3-5-15-6-8-18-14(19)9-12(10-16-18)17-7-4-13(11-17)20-2/h3,9-10,13,15H,1,4-8,11H2,2H3. The molecule has 6 heteroatoms. The van der Waals surface area contributed by atoms with Gasteiger partial charge in [-0.2, -0.15) is 5.10 Å². The maximum absolute atomic E-state index is 12.0. The van der Waals surface area contributed by atoms with Gasteiger partial charge in [-0.3, -0.25) is 4.79 Å². The summed E-state index contributed by atoms with van der Waals surface area (Å²) in [4.78, 5) is 14.1. The minimum absolute atomic E-state index is 0.0660. The van der Waals surface area contributed by atoms with Gasteiger partial charge in [0, 0.05) is 39.4 Å². The summed E-state index contributed by atoms with van der Waals surface area (Å²) < 4.78 is 6.81. The summed E-state index contributed by atoms with van der Waals surface area (Å²) in [5, 5.41) is 7.38. The van der Waals surface area contributed by atoms with Crippen LogP contribution in [0.2, 0.25) is 0 Å². The average Bonchev–Trinajstić information content (AvgIpc) is 2.94. The van der Waals surface area contributed by atoms with Crippen LogP contribution < -0.4 is 15.8 Å². The molecule has 2 rings (SSSR count). The molecule has 2 heterocycles. The van der Waals surface area contributed by atoms with Gasteiger partial charge in [0.15, 0.2) is 0 Å². The van der Waals surface area contributed by atoms with Crippen molar-refractivity contribution < 1.29 is 4.74 Å². The highest BCUT2D eigenvalue weighted by molar-refractivity contribution is 5.44. The summed E-state index contributed by atoms with van der Waals surface area (Å²) in [6.45, 7) is 7.36. The van der Waals surface area contributed by atoms with E-state index in [9.17, 15) is 4.79 Å².